The number of fused-ring (bicyclic) bond motifs is 1. The zero-order chi connectivity index (χ0) is 21.3. The number of carbonyl (C=O) groups is 2. The average Bonchev–Trinajstić information content (AvgIpc) is 3.41. The summed E-state index contributed by atoms with van der Waals surface area (Å²) in [6.45, 7) is 5.79. The number of rotatable bonds is 6. The van der Waals surface area contributed by atoms with Gasteiger partial charge in [-0.15, -0.1) is 11.3 Å². The number of nitrogens with one attached hydrogen (secondary N) is 1. The molecule has 0 radical (unpaired) electrons. The van der Waals surface area contributed by atoms with E-state index in [1.807, 2.05) is 13.8 Å². The number of amides is 1. The van der Waals surface area contributed by atoms with Crippen LogP contribution in [0.1, 0.15) is 73.9 Å². The van der Waals surface area contributed by atoms with Gasteiger partial charge in [-0.05, 0) is 64.2 Å². The van der Waals surface area contributed by atoms with E-state index in [0.717, 1.165) is 53.1 Å². The molecule has 0 aromatic carbocycles. The van der Waals surface area contributed by atoms with Crippen molar-refractivity contribution in [3.8, 4) is 0 Å². The second-order valence-corrected chi connectivity index (χ2v) is 8.44. The summed E-state index contributed by atoms with van der Waals surface area (Å²) in [7, 11) is 0. The largest absolute Gasteiger partial charge is 0.462 e. The lowest BCUT2D eigenvalue weighted by Gasteiger charge is -2.12. The Bertz CT molecular complexity index is 1070. The Morgan fingerprint density at radius 3 is 2.77 bits per heavy atom. The Morgan fingerprint density at radius 1 is 1.23 bits per heavy atom. The fourth-order valence-electron chi connectivity index (χ4n) is 3.76. The van der Waals surface area contributed by atoms with Gasteiger partial charge in [0.05, 0.1) is 17.9 Å². The van der Waals surface area contributed by atoms with Gasteiger partial charge in [-0.1, -0.05) is 5.16 Å². The van der Waals surface area contributed by atoms with Gasteiger partial charge in [0.25, 0.3) is 5.91 Å². The molecular weight excluding hydrogens is 404 g/mol. The summed E-state index contributed by atoms with van der Waals surface area (Å²) in [4.78, 5) is 26.5. The SMILES string of the molecule is CCOC(=O)c1c(NC(=O)c2ccc(Cc3c(C)noc3C)o2)sc2c1CCCC2. The quantitative estimate of drug-likeness (QED) is 0.564. The van der Waals surface area contributed by atoms with Gasteiger partial charge >= 0.3 is 5.97 Å². The molecule has 30 heavy (non-hydrogen) atoms. The minimum Gasteiger partial charge on any atom is -0.462 e. The molecule has 3 heterocycles. The van der Waals surface area contributed by atoms with Crippen LogP contribution in [0.3, 0.4) is 0 Å². The minimum atomic E-state index is -0.385. The van der Waals surface area contributed by atoms with Crippen LogP contribution in [0.2, 0.25) is 0 Å². The first-order valence-corrected chi connectivity index (χ1v) is 10.9. The normalized spacial score (nSPS) is 13.2. The van der Waals surface area contributed by atoms with Crippen molar-refractivity contribution in [3.05, 3.63) is 56.7 Å². The van der Waals surface area contributed by atoms with Crippen LogP contribution in [0.4, 0.5) is 5.00 Å². The average molecular weight is 429 g/mol. The first-order valence-electron chi connectivity index (χ1n) is 10.1. The van der Waals surface area contributed by atoms with Gasteiger partial charge < -0.3 is 19.0 Å². The molecule has 1 aliphatic rings. The Morgan fingerprint density at radius 2 is 2.03 bits per heavy atom. The molecule has 0 aliphatic heterocycles. The molecular formula is C22H24N2O5S. The number of aromatic nitrogens is 1. The number of carbonyl (C=O) groups excluding carboxylic acids is 2. The Balaban J connectivity index is 1.55. The summed E-state index contributed by atoms with van der Waals surface area (Å²) in [6.07, 6.45) is 4.37. The molecule has 0 bridgehead atoms. The maximum atomic E-state index is 12.8. The summed E-state index contributed by atoms with van der Waals surface area (Å²) < 4.78 is 16.2. The van der Waals surface area contributed by atoms with Gasteiger partial charge in [0, 0.05) is 16.9 Å². The van der Waals surface area contributed by atoms with Crippen molar-refractivity contribution < 1.29 is 23.3 Å². The van der Waals surface area contributed by atoms with E-state index in [0.29, 0.717) is 29.4 Å². The topological polar surface area (TPSA) is 94.6 Å². The van der Waals surface area contributed by atoms with Crippen molar-refractivity contribution >= 4 is 28.2 Å². The number of hydrogen-bond acceptors (Lipinski definition) is 7. The van der Waals surface area contributed by atoms with Gasteiger partial charge in [-0.25, -0.2) is 4.79 Å². The molecule has 0 saturated carbocycles. The monoisotopic (exact) mass is 428 g/mol. The van der Waals surface area contributed by atoms with Crippen LogP contribution in [-0.2, 0) is 24.0 Å². The maximum absolute atomic E-state index is 12.8. The number of nitrogens with zero attached hydrogens (tertiary/aromatic N) is 1. The van der Waals surface area contributed by atoms with Crippen molar-refractivity contribution in [3.63, 3.8) is 0 Å². The number of anilines is 1. The van der Waals surface area contributed by atoms with Crippen molar-refractivity contribution in [1.29, 1.82) is 0 Å². The Hall–Kier alpha value is -2.87. The van der Waals surface area contributed by atoms with Crippen LogP contribution in [0, 0.1) is 13.8 Å². The highest BCUT2D eigenvalue weighted by Crippen LogP contribution is 2.39. The van der Waals surface area contributed by atoms with Crippen LogP contribution < -0.4 is 5.32 Å². The number of esters is 1. The molecule has 0 fully saturated rings. The molecule has 3 aromatic rings. The van der Waals surface area contributed by atoms with Gasteiger partial charge in [0.2, 0.25) is 0 Å². The number of thiophene rings is 1. The van der Waals surface area contributed by atoms with E-state index in [-0.39, 0.29) is 17.6 Å². The third-order valence-corrected chi connectivity index (χ3v) is 6.50. The molecule has 4 rings (SSSR count). The fraction of sp³-hybridized carbons (Fsp3) is 0.409. The van der Waals surface area contributed by atoms with Gasteiger partial charge in [-0.3, -0.25) is 4.79 Å². The molecule has 158 valence electrons. The summed E-state index contributed by atoms with van der Waals surface area (Å²) in [6, 6.07) is 3.41. The summed E-state index contributed by atoms with van der Waals surface area (Å²) >= 11 is 1.46. The van der Waals surface area contributed by atoms with Gasteiger partial charge in [-0.2, -0.15) is 0 Å². The van der Waals surface area contributed by atoms with Gasteiger partial charge in [0.15, 0.2) is 5.76 Å². The predicted molar refractivity (Wildman–Crippen MR) is 112 cm³/mol. The lowest BCUT2D eigenvalue weighted by molar-refractivity contribution is 0.0526. The highest BCUT2D eigenvalue weighted by atomic mass is 32.1. The molecule has 0 saturated heterocycles. The third-order valence-electron chi connectivity index (χ3n) is 5.30. The molecule has 7 nitrogen and oxygen atoms in total. The second kappa shape index (κ2) is 8.47. The first-order chi connectivity index (χ1) is 14.5. The van der Waals surface area contributed by atoms with Crippen molar-refractivity contribution in [2.75, 3.05) is 11.9 Å². The van der Waals surface area contributed by atoms with E-state index in [1.54, 1.807) is 19.1 Å². The predicted octanol–water partition coefficient (Wildman–Crippen LogP) is 4.84. The number of furan rings is 1. The zero-order valence-electron chi connectivity index (χ0n) is 17.3. The zero-order valence-corrected chi connectivity index (χ0v) is 18.1. The van der Waals surface area contributed by atoms with Crippen LogP contribution in [0.15, 0.2) is 21.1 Å². The highest BCUT2D eigenvalue weighted by Gasteiger charge is 2.28. The van der Waals surface area contributed by atoms with E-state index in [9.17, 15) is 9.59 Å². The smallest absolute Gasteiger partial charge is 0.341 e. The third kappa shape index (κ3) is 3.92. The van der Waals surface area contributed by atoms with Crippen molar-refractivity contribution in [2.45, 2.75) is 52.9 Å². The lowest BCUT2D eigenvalue weighted by Crippen LogP contribution is -2.15. The number of aryl methyl sites for hydroxylation is 3. The van der Waals surface area contributed by atoms with E-state index in [1.165, 1.54) is 11.3 Å². The van der Waals surface area contributed by atoms with E-state index in [2.05, 4.69) is 10.5 Å². The van der Waals surface area contributed by atoms with Crippen LogP contribution in [0.25, 0.3) is 0 Å². The van der Waals surface area contributed by atoms with Gasteiger partial charge in [0.1, 0.15) is 16.5 Å². The van der Waals surface area contributed by atoms with Crippen LogP contribution in [0.5, 0.6) is 0 Å². The van der Waals surface area contributed by atoms with Crippen molar-refractivity contribution in [2.24, 2.45) is 0 Å². The Kier molecular flexibility index (Phi) is 5.76. The fourth-order valence-corrected chi connectivity index (χ4v) is 5.03. The summed E-state index contributed by atoms with van der Waals surface area (Å²) in [5.74, 6) is 0.802. The second-order valence-electron chi connectivity index (χ2n) is 7.34. The molecule has 8 heteroatoms. The van der Waals surface area contributed by atoms with Crippen molar-refractivity contribution in [1.82, 2.24) is 5.16 Å². The maximum Gasteiger partial charge on any atom is 0.341 e. The molecule has 0 atom stereocenters. The van der Waals surface area contributed by atoms with Crippen LogP contribution in [-0.4, -0.2) is 23.6 Å². The number of ether oxygens (including phenoxy) is 1. The summed E-state index contributed by atoms with van der Waals surface area (Å²) in [5, 5.41) is 7.35. The van der Waals surface area contributed by atoms with E-state index in [4.69, 9.17) is 13.7 Å². The highest BCUT2D eigenvalue weighted by molar-refractivity contribution is 7.17. The molecule has 1 N–H and O–H groups in total. The van der Waals surface area contributed by atoms with E-state index >= 15 is 0 Å². The van der Waals surface area contributed by atoms with Crippen LogP contribution >= 0.6 is 11.3 Å². The minimum absolute atomic E-state index is 0.193. The Labute approximate surface area is 178 Å². The molecule has 1 amide bonds. The first kappa shape index (κ1) is 20.4. The summed E-state index contributed by atoms with van der Waals surface area (Å²) in [5.41, 5.74) is 3.26. The number of hydrogen-bond donors (Lipinski definition) is 1. The molecule has 0 spiro atoms. The lowest BCUT2D eigenvalue weighted by atomic mass is 9.95. The molecule has 3 aromatic heterocycles. The van der Waals surface area contributed by atoms with E-state index < -0.39 is 0 Å². The standard InChI is InChI=1S/C22H24N2O5S/c1-4-27-22(26)19-15-7-5-6-8-18(15)30-21(19)23-20(25)17-10-9-14(28-17)11-16-12(2)24-29-13(16)3/h9-10H,4-8,11H2,1-3H3,(H,23,25). The molecule has 1 aliphatic carbocycles. The molecule has 0 unspecified atom stereocenters.